The summed E-state index contributed by atoms with van der Waals surface area (Å²) in [5.74, 6) is -1.36. The number of nitrogens with zero attached hydrogens (tertiary/aromatic N) is 3. The molecule has 11 heteroatoms. The minimum atomic E-state index is -4.09. The van der Waals surface area contributed by atoms with Gasteiger partial charge in [-0.1, -0.05) is 19.9 Å². The fraction of sp³-hybridized carbons (Fsp3) is 0.318. The van der Waals surface area contributed by atoms with Gasteiger partial charge in [-0.3, -0.25) is 9.78 Å². The summed E-state index contributed by atoms with van der Waals surface area (Å²) >= 11 is 0. The summed E-state index contributed by atoms with van der Waals surface area (Å²) < 4.78 is 54.5. The van der Waals surface area contributed by atoms with Crippen molar-refractivity contribution in [2.24, 2.45) is 5.10 Å². The predicted octanol–water partition coefficient (Wildman–Crippen LogP) is 2.77. The SMILES string of the molecule is CCCS(=O)(=O)c1c(S(=O)(=O)CCC)c2c(C)cccn2c1C(=O)N/N=C\c1ccncc1. The molecule has 1 amide bonds. The highest BCUT2D eigenvalue weighted by atomic mass is 32.2. The Morgan fingerprint density at radius 2 is 1.64 bits per heavy atom. The van der Waals surface area contributed by atoms with E-state index in [2.05, 4.69) is 15.5 Å². The molecule has 3 heterocycles. The third kappa shape index (κ3) is 4.98. The molecule has 0 aliphatic heterocycles. The van der Waals surface area contributed by atoms with Gasteiger partial charge in [0.2, 0.25) is 0 Å². The average Bonchev–Trinajstić information content (AvgIpc) is 3.13. The number of sulfone groups is 2. The lowest BCUT2D eigenvalue weighted by Gasteiger charge is -2.09. The average molecular weight is 491 g/mol. The largest absolute Gasteiger partial charge is 0.310 e. The van der Waals surface area contributed by atoms with Crippen LogP contribution in [0.4, 0.5) is 0 Å². The number of carbonyl (C=O) groups excluding carboxylic acids is 1. The molecule has 0 aliphatic rings. The van der Waals surface area contributed by atoms with Gasteiger partial charge >= 0.3 is 0 Å². The zero-order valence-electron chi connectivity index (χ0n) is 18.6. The van der Waals surface area contributed by atoms with Crippen molar-refractivity contribution in [2.75, 3.05) is 11.5 Å². The van der Waals surface area contributed by atoms with Crippen LogP contribution in [0.5, 0.6) is 0 Å². The van der Waals surface area contributed by atoms with Crippen molar-refractivity contribution >= 4 is 37.3 Å². The first-order valence-corrected chi connectivity index (χ1v) is 13.8. The Balaban J connectivity index is 2.29. The lowest BCUT2D eigenvalue weighted by molar-refractivity contribution is 0.0945. The number of carbonyl (C=O) groups is 1. The number of hydrogen-bond acceptors (Lipinski definition) is 7. The van der Waals surface area contributed by atoms with Crippen LogP contribution in [0.1, 0.15) is 48.3 Å². The Kier molecular flexibility index (Phi) is 7.33. The van der Waals surface area contributed by atoms with E-state index in [4.69, 9.17) is 0 Å². The maximum Gasteiger partial charge on any atom is 0.289 e. The number of pyridine rings is 2. The van der Waals surface area contributed by atoms with Crippen LogP contribution in [-0.2, 0) is 19.7 Å². The summed E-state index contributed by atoms with van der Waals surface area (Å²) in [5.41, 5.74) is 3.46. The van der Waals surface area contributed by atoms with Gasteiger partial charge in [0.05, 0.1) is 23.2 Å². The van der Waals surface area contributed by atoms with E-state index in [9.17, 15) is 21.6 Å². The van der Waals surface area contributed by atoms with E-state index in [-0.39, 0.29) is 34.0 Å². The molecule has 176 valence electrons. The second kappa shape index (κ2) is 9.84. The second-order valence-electron chi connectivity index (χ2n) is 7.53. The standard InChI is InChI=1S/C22H26N4O5S2/c1-4-13-32(28,29)20-18-16(3)7-6-12-26(18)19(21(20)33(30,31)14-5-2)22(27)25-24-15-17-8-10-23-11-9-17/h6-12,15H,4-5,13-14H2,1-3H3,(H,25,27)/b24-15-. The topological polar surface area (TPSA) is 127 Å². The van der Waals surface area contributed by atoms with E-state index in [1.165, 1.54) is 16.8 Å². The van der Waals surface area contributed by atoms with Crippen LogP contribution < -0.4 is 5.43 Å². The first kappa shape index (κ1) is 24.6. The highest BCUT2D eigenvalue weighted by molar-refractivity contribution is 7.94. The quantitative estimate of drug-likeness (QED) is 0.363. The van der Waals surface area contributed by atoms with Gasteiger partial charge in [0.1, 0.15) is 15.5 Å². The van der Waals surface area contributed by atoms with Gasteiger partial charge in [0.25, 0.3) is 5.91 Å². The lowest BCUT2D eigenvalue weighted by atomic mass is 10.2. The van der Waals surface area contributed by atoms with Crippen LogP contribution >= 0.6 is 0 Å². The van der Waals surface area contributed by atoms with E-state index in [0.717, 1.165) is 0 Å². The van der Waals surface area contributed by atoms with E-state index in [1.54, 1.807) is 57.4 Å². The molecule has 0 unspecified atom stereocenters. The van der Waals surface area contributed by atoms with Gasteiger partial charge < -0.3 is 4.40 Å². The molecule has 3 aromatic rings. The van der Waals surface area contributed by atoms with Crippen molar-refractivity contribution in [1.82, 2.24) is 14.8 Å². The Hall–Kier alpha value is -3.05. The Labute approximate surface area is 193 Å². The number of amides is 1. The molecule has 0 bridgehead atoms. The fourth-order valence-electron chi connectivity index (χ4n) is 3.62. The third-order valence-corrected chi connectivity index (χ3v) is 9.00. The van der Waals surface area contributed by atoms with Crippen molar-refractivity contribution in [3.05, 3.63) is 59.7 Å². The van der Waals surface area contributed by atoms with Crippen LogP contribution in [0.2, 0.25) is 0 Å². The maximum atomic E-state index is 13.3. The molecule has 0 aromatic carbocycles. The van der Waals surface area contributed by atoms with Crippen molar-refractivity contribution in [2.45, 2.75) is 43.4 Å². The van der Waals surface area contributed by atoms with Crippen molar-refractivity contribution < 1.29 is 21.6 Å². The summed E-state index contributed by atoms with van der Waals surface area (Å²) in [6.45, 7) is 5.06. The molecular formula is C22H26N4O5S2. The number of nitrogens with one attached hydrogen (secondary N) is 1. The summed E-state index contributed by atoms with van der Waals surface area (Å²) in [6.07, 6.45) is 6.56. The second-order valence-corrected chi connectivity index (χ2v) is 11.6. The van der Waals surface area contributed by atoms with Crippen LogP contribution in [-0.4, -0.2) is 49.8 Å². The predicted molar refractivity (Wildman–Crippen MR) is 126 cm³/mol. The Morgan fingerprint density at radius 1 is 1.03 bits per heavy atom. The van der Waals surface area contributed by atoms with Gasteiger partial charge in [0.15, 0.2) is 19.7 Å². The minimum Gasteiger partial charge on any atom is -0.310 e. The number of aryl methyl sites for hydroxylation is 1. The van der Waals surface area contributed by atoms with E-state index < -0.39 is 30.5 Å². The normalized spacial score (nSPS) is 12.5. The molecule has 0 fully saturated rings. The molecule has 0 aliphatic carbocycles. The van der Waals surface area contributed by atoms with Crippen LogP contribution in [0.15, 0.2) is 57.7 Å². The molecule has 0 saturated carbocycles. The van der Waals surface area contributed by atoms with Gasteiger partial charge in [0, 0.05) is 18.6 Å². The van der Waals surface area contributed by atoms with Crippen molar-refractivity contribution in [3.8, 4) is 0 Å². The Bertz CT molecular complexity index is 1410. The highest BCUT2D eigenvalue weighted by Gasteiger charge is 2.37. The molecule has 3 aromatic heterocycles. The molecular weight excluding hydrogens is 464 g/mol. The third-order valence-electron chi connectivity index (χ3n) is 4.94. The maximum absolute atomic E-state index is 13.3. The van der Waals surface area contributed by atoms with E-state index in [0.29, 0.717) is 17.5 Å². The van der Waals surface area contributed by atoms with E-state index >= 15 is 0 Å². The molecule has 33 heavy (non-hydrogen) atoms. The number of fused-ring (bicyclic) bond motifs is 1. The van der Waals surface area contributed by atoms with Gasteiger partial charge in [-0.25, -0.2) is 22.3 Å². The van der Waals surface area contributed by atoms with Gasteiger partial charge in [-0.15, -0.1) is 0 Å². The summed E-state index contributed by atoms with van der Waals surface area (Å²) in [5, 5.41) is 3.91. The van der Waals surface area contributed by atoms with Crippen LogP contribution in [0, 0.1) is 6.92 Å². The zero-order valence-corrected chi connectivity index (χ0v) is 20.3. The van der Waals surface area contributed by atoms with Crippen LogP contribution in [0.25, 0.3) is 5.52 Å². The molecule has 0 saturated heterocycles. The fourth-order valence-corrected chi connectivity index (χ4v) is 7.66. The van der Waals surface area contributed by atoms with Gasteiger partial charge in [-0.2, -0.15) is 5.10 Å². The molecule has 1 N–H and O–H groups in total. The first-order chi connectivity index (χ1) is 15.6. The molecule has 0 spiro atoms. The number of hydrazone groups is 1. The smallest absolute Gasteiger partial charge is 0.289 e. The summed E-state index contributed by atoms with van der Waals surface area (Å²) in [7, 11) is -8.09. The first-order valence-electron chi connectivity index (χ1n) is 10.5. The van der Waals surface area contributed by atoms with Crippen molar-refractivity contribution in [3.63, 3.8) is 0 Å². The summed E-state index contributed by atoms with van der Waals surface area (Å²) in [4.78, 5) is 16.3. The summed E-state index contributed by atoms with van der Waals surface area (Å²) in [6, 6.07) is 6.67. The molecule has 3 rings (SSSR count). The lowest BCUT2D eigenvalue weighted by Crippen LogP contribution is -2.23. The zero-order chi connectivity index (χ0) is 24.2. The molecule has 0 atom stereocenters. The minimum absolute atomic E-state index is 0.184. The van der Waals surface area contributed by atoms with Crippen molar-refractivity contribution in [1.29, 1.82) is 0 Å². The van der Waals surface area contributed by atoms with E-state index in [1.807, 2.05) is 0 Å². The Morgan fingerprint density at radius 3 is 2.24 bits per heavy atom. The molecule has 0 radical (unpaired) electrons. The van der Waals surface area contributed by atoms with Crippen LogP contribution in [0.3, 0.4) is 0 Å². The van der Waals surface area contributed by atoms with Gasteiger partial charge in [-0.05, 0) is 49.1 Å². The number of aromatic nitrogens is 2. The molecule has 9 nitrogen and oxygen atoms in total. The number of hydrogen-bond donors (Lipinski definition) is 1. The monoisotopic (exact) mass is 490 g/mol. The highest BCUT2D eigenvalue weighted by Crippen LogP contribution is 2.35. The number of rotatable bonds is 9.